The van der Waals surface area contributed by atoms with Crippen molar-refractivity contribution in [3.63, 3.8) is 0 Å². The molecule has 0 aliphatic carbocycles. The van der Waals surface area contributed by atoms with Crippen molar-refractivity contribution in [1.82, 2.24) is 19.7 Å². The number of hydrogen-bond donors (Lipinski definition) is 0. The van der Waals surface area contributed by atoms with Crippen LogP contribution in [-0.4, -0.2) is 45.1 Å². The van der Waals surface area contributed by atoms with Gasteiger partial charge in [0.2, 0.25) is 0 Å². The highest BCUT2D eigenvalue weighted by atomic mass is 16.5. The van der Waals surface area contributed by atoms with Crippen LogP contribution in [0.25, 0.3) is 0 Å². The fourth-order valence-corrected chi connectivity index (χ4v) is 3.61. The van der Waals surface area contributed by atoms with Gasteiger partial charge in [-0.2, -0.15) is 5.10 Å². The zero-order valence-corrected chi connectivity index (χ0v) is 15.8. The molecule has 6 nitrogen and oxygen atoms in total. The summed E-state index contributed by atoms with van der Waals surface area (Å²) in [5, 5.41) is 4.14. The van der Waals surface area contributed by atoms with E-state index in [1.807, 2.05) is 59.3 Å². The topological polar surface area (TPSA) is 60.2 Å². The third kappa shape index (κ3) is 4.64. The van der Waals surface area contributed by atoms with Crippen LogP contribution in [0.1, 0.15) is 23.2 Å². The summed E-state index contributed by atoms with van der Waals surface area (Å²) < 4.78 is 7.64. The van der Waals surface area contributed by atoms with Crippen LogP contribution < -0.4 is 4.74 Å². The highest BCUT2D eigenvalue weighted by Gasteiger charge is 2.26. The van der Waals surface area contributed by atoms with E-state index < -0.39 is 0 Å². The summed E-state index contributed by atoms with van der Waals surface area (Å²) in [4.78, 5) is 19.3. The second-order valence-corrected chi connectivity index (χ2v) is 7.10. The van der Waals surface area contributed by atoms with Crippen molar-refractivity contribution in [3.8, 4) is 11.5 Å². The smallest absolute Gasteiger partial charge is 0.167 e. The third-order valence-electron chi connectivity index (χ3n) is 5.11. The molecule has 3 aromatic rings. The first kappa shape index (κ1) is 18.4. The Labute approximate surface area is 164 Å². The molecular weight excluding hydrogens is 352 g/mol. The summed E-state index contributed by atoms with van der Waals surface area (Å²) in [6.45, 7) is 3.52. The van der Waals surface area contributed by atoms with Crippen LogP contribution in [0.15, 0.2) is 67.3 Å². The molecular formula is C22H24N4O2. The second-order valence-electron chi connectivity index (χ2n) is 7.10. The lowest BCUT2D eigenvalue weighted by atomic mass is 9.90. The van der Waals surface area contributed by atoms with Crippen LogP contribution in [0, 0.1) is 5.92 Å². The summed E-state index contributed by atoms with van der Waals surface area (Å²) in [5.74, 6) is 1.79. The van der Waals surface area contributed by atoms with E-state index in [4.69, 9.17) is 4.74 Å². The number of benzene rings is 2. The van der Waals surface area contributed by atoms with Gasteiger partial charge in [-0.25, -0.2) is 4.98 Å². The molecule has 1 saturated heterocycles. The highest BCUT2D eigenvalue weighted by molar-refractivity contribution is 5.98. The van der Waals surface area contributed by atoms with Crippen molar-refractivity contribution >= 4 is 5.78 Å². The molecule has 0 unspecified atom stereocenters. The standard InChI is InChI=1S/C22H24N4O2/c27-22(18-8-10-21(11-9-18)28-20-6-2-1-3-7-20)19-5-4-12-25(15-19)13-14-26-17-23-16-24-26/h1-3,6-11,16-17,19H,4-5,12-15H2/t19-/m1/s1. The number of aromatic nitrogens is 3. The molecule has 2 heterocycles. The molecule has 0 saturated carbocycles. The van der Waals surface area contributed by atoms with E-state index in [0.29, 0.717) is 0 Å². The largest absolute Gasteiger partial charge is 0.457 e. The molecule has 1 aromatic heterocycles. The lowest BCUT2D eigenvalue weighted by molar-refractivity contribution is 0.0815. The molecule has 1 atom stereocenters. The first-order chi connectivity index (χ1) is 13.8. The van der Waals surface area contributed by atoms with Gasteiger partial charge in [-0.3, -0.25) is 9.48 Å². The van der Waals surface area contributed by atoms with Crippen molar-refractivity contribution in [2.24, 2.45) is 5.92 Å². The minimum absolute atomic E-state index is 0.0467. The van der Waals surface area contributed by atoms with Gasteiger partial charge in [-0.1, -0.05) is 18.2 Å². The van der Waals surface area contributed by atoms with Crippen molar-refractivity contribution in [2.45, 2.75) is 19.4 Å². The van der Waals surface area contributed by atoms with Gasteiger partial charge in [0.15, 0.2) is 5.78 Å². The lowest BCUT2D eigenvalue weighted by Gasteiger charge is -2.31. The van der Waals surface area contributed by atoms with E-state index in [-0.39, 0.29) is 11.7 Å². The molecule has 28 heavy (non-hydrogen) atoms. The van der Waals surface area contributed by atoms with Crippen LogP contribution in [0.2, 0.25) is 0 Å². The Hall–Kier alpha value is -2.99. The summed E-state index contributed by atoms with van der Waals surface area (Å²) in [7, 11) is 0. The Morgan fingerprint density at radius 3 is 2.57 bits per heavy atom. The molecule has 0 N–H and O–H groups in total. The maximum Gasteiger partial charge on any atom is 0.167 e. The third-order valence-corrected chi connectivity index (χ3v) is 5.11. The number of nitrogens with zero attached hydrogens (tertiary/aromatic N) is 4. The molecule has 0 radical (unpaired) electrons. The number of carbonyl (C=O) groups is 1. The predicted molar refractivity (Wildman–Crippen MR) is 106 cm³/mol. The molecule has 144 valence electrons. The van der Waals surface area contributed by atoms with Gasteiger partial charge in [-0.15, -0.1) is 0 Å². The molecule has 0 amide bonds. The zero-order chi connectivity index (χ0) is 19.2. The monoisotopic (exact) mass is 376 g/mol. The summed E-state index contributed by atoms with van der Waals surface area (Å²) in [5.41, 5.74) is 0.753. The van der Waals surface area contributed by atoms with Crippen LogP contribution in [0.5, 0.6) is 11.5 Å². The number of Topliss-reactive ketones (excluding diaryl/α,β-unsaturated/α-hetero) is 1. The Bertz CT molecular complexity index is 879. The Balaban J connectivity index is 1.34. The number of rotatable bonds is 7. The Morgan fingerprint density at radius 2 is 1.82 bits per heavy atom. The van der Waals surface area contributed by atoms with Gasteiger partial charge in [-0.05, 0) is 55.8 Å². The Kier molecular flexibility index (Phi) is 5.77. The van der Waals surface area contributed by atoms with Gasteiger partial charge in [0.05, 0.1) is 6.54 Å². The first-order valence-electron chi connectivity index (χ1n) is 9.70. The van der Waals surface area contributed by atoms with E-state index in [0.717, 1.165) is 56.1 Å². The average molecular weight is 376 g/mol. The summed E-state index contributed by atoms with van der Waals surface area (Å²) >= 11 is 0. The molecule has 1 fully saturated rings. The highest BCUT2D eigenvalue weighted by Crippen LogP contribution is 2.24. The normalized spacial score (nSPS) is 17.4. The molecule has 1 aliphatic rings. The number of carbonyl (C=O) groups excluding carboxylic acids is 1. The number of likely N-dealkylation sites (tertiary alicyclic amines) is 1. The number of para-hydroxylation sites is 1. The van der Waals surface area contributed by atoms with Gasteiger partial charge in [0.25, 0.3) is 0 Å². The minimum Gasteiger partial charge on any atom is -0.457 e. The molecule has 0 spiro atoms. The van der Waals surface area contributed by atoms with Crippen molar-refractivity contribution in [2.75, 3.05) is 19.6 Å². The second kappa shape index (κ2) is 8.80. The van der Waals surface area contributed by atoms with Crippen LogP contribution >= 0.6 is 0 Å². The molecule has 4 rings (SSSR count). The minimum atomic E-state index is 0.0467. The predicted octanol–water partition coefficient (Wildman–Crippen LogP) is 3.67. The van der Waals surface area contributed by atoms with Crippen molar-refractivity contribution < 1.29 is 9.53 Å². The summed E-state index contributed by atoms with van der Waals surface area (Å²) in [6.07, 6.45) is 5.27. The fourth-order valence-electron chi connectivity index (χ4n) is 3.61. The molecule has 0 bridgehead atoms. The van der Waals surface area contributed by atoms with Crippen molar-refractivity contribution in [1.29, 1.82) is 0 Å². The fraction of sp³-hybridized carbons (Fsp3) is 0.318. The molecule has 6 heteroatoms. The number of ether oxygens (including phenoxy) is 1. The van der Waals surface area contributed by atoms with Gasteiger partial charge in [0, 0.05) is 24.6 Å². The Morgan fingerprint density at radius 1 is 1.04 bits per heavy atom. The van der Waals surface area contributed by atoms with E-state index in [1.54, 1.807) is 12.7 Å². The van der Waals surface area contributed by atoms with Crippen LogP contribution in [0.4, 0.5) is 0 Å². The van der Waals surface area contributed by atoms with Crippen LogP contribution in [-0.2, 0) is 6.54 Å². The SMILES string of the molecule is O=C(c1ccc(Oc2ccccc2)cc1)[C@@H]1CCCN(CCn2cncn2)C1. The van der Waals surface area contributed by atoms with E-state index in [9.17, 15) is 4.79 Å². The van der Waals surface area contributed by atoms with Crippen molar-refractivity contribution in [3.05, 3.63) is 72.8 Å². The maximum absolute atomic E-state index is 13.0. The summed E-state index contributed by atoms with van der Waals surface area (Å²) in [6, 6.07) is 17.1. The van der Waals surface area contributed by atoms with E-state index >= 15 is 0 Å². The number of piperidine rings is 1. The lowest BCUT2D eigenvalue weighted by Crippen LogP contribution is -2.40. The quantitative estimate of drug-likeness (QED) is 0.589. The molecule has 1 aliphatic heterocycles. The van der Waals surface area contributed by atoms with Gasteiger partial charge >= 0.3 is 0 Å². The van der Waals surface area contributed by atoms with Gasteiger partial charge < -0.3 is 9.64 Å². The maximum atomic E-state index is 13.0. The van der Waals surface area contributed by atoms with Gasteiger partial charge in [0.1, 0.15) is 24.2 Å². The van der Waals surface area contributed by atoms with E-state index in [2.05, 4.69) is 15.0 Å². The van der Waals surface area contributed by atoms with Crippen LogP contribution in [0.3, 0.4) is 0 Å². The zero-order valence-electron chi connectivity index (χ0n) is 15.8. The average Bonchev–Trinajstić information content (AvgIpc) is 3.27. The number of ketones is 1. The first-order valence-corrected chi connectivity index (χ1v) is 9.70. The van der Waals surface area contributed by atoms with E-state index in [1.165, 1.54) is 0 Å². The number of hydrogen-bond acceptors (Lipinski definition) is 5. The molecule has 2 aromatic carbocycles.